The molecule has 0 radical (unpaired) electrons. The molecule has 2 aliphatic heterocycles. The van der Waals surface area contributed by atoms with Crippen LogP contribution in [-0.2, 0) is 34.0 Å². The molecule has 174 valence electrons. The van der Waals surface area contributed by atoms with Crippen molar-refractivity contribution < 1.29 is 37.2 Å². The molecule has 3 aromatic rings. The molecule has 0 aliphatic carbocycles. The number of aromatic nitrogens is 5. The number of hydrogen-bond donors (Lipinski definition) is 2. The van der Waals surface area contributed by atoms with Gasteiger partial charge in [0.15, 0.2) is 0 Å². The van der Waals surface area contributed by atoms with Gasteiger partial charge in [-0.15, -0.1) is 5.10 Å². The van der Waals surface area contributed by atoms with E-state index in [4.69, 9.17) is 18.9 Å². The van der Waals surface area contributed by atoms with Crippen LogP contribution in [0.15, 0.2) is 22.6 Å². The van der Waals surface area contributed by atoms with E-state index >= 15 is 0 Å². The van der Waals surface area contributed by atoms with Crippen molar-refractivity contribution in [1.82, 2.24) is 25.2 Å². The van der Waals surface area contributed by atoms with Crippen LogP contribution in [0, 0.1) is 5.82 Å². The number of amides is 1. The summed E-state index contributed by atoms with van der Waals surface area (Å²) < 4.78 is 40.8. The fourth-order valence-corrected chi connectivity index (χ4v) is 3.90. The Morgan fingerprint density at radius 3 is 2.82 bits per heavy atom. The summed E-state index contributed by atoms with van der Waals surface area (Å²) in [7, 11) is -3.04. The minimum Gasteiger partial charge on any atom is -0.441 e. The molecule has 0 bridgehead atoms. The Hall–Kier alpha value is -3.39. The standard InChI is InChI=1S/C17H17FN7O7P/c1-23-21-16(20-22-23)24-6-13-14(7-24)32-15(19-13)11-3-2-9(4-12(11)18)25-5-10(31-17(25)26)8-30-33(27,28)29/h2-4,10H,5-8H2,1H3,(H2,27,28,29)/t10-/m1/s1. The number of benzene rings is 1. The summed E-state index contributed by atoms with van der Waals surface area (Å²) in [5, 5.41) is 11.9. The van der Waals surface area contributed by atoms with Crippen molar-refractivity contribution in [3.05, 3.63) is 35.5 Å². The molecule has 33 heavy (non-hydrogen) atoms. The fraction of sp³-hybridized carbons (Fsp3) is 0.353. The first-order valence-electron chi connectivity index (χ1n) is 9.62. The van der Waals surface area contributed by atoms with Gasteiger partial charge in [0, 0.05) is 0 Å². The van der Waals surface area contributed by atoms with Gasteiger partial charge in [-0.1, -0.05) is 5.10 Å². The molecule has 1 fully saturated rings. The predicted octanol–water partition coefficient (Wildman–Crippen LogP) is 0.959. The van der Waals surface area contributed by atoms with Gasteiger partial charge in [-0.2, -0.15) is 4.80 Å². The molecule has 14 nitrogen and oxygen atoms in total. The number of hydrogen-bond acceptors (Lipinski definition) is 10. The van der Waals surface area contributed by atoms with E-state index < -0.39 is 32.4 Å². The topological polar surface area (TPSA) is 169 Å². The molecular weight excluding hydrogens is 464 g/mol. The maximum absolute atomic E-state index is 14.9. The number of rotatable bonds is 6. The number of tetrazole rings is 1. The molecular formula is C17H17FN7O7P. The smallest absolute Gasteiger partial charge is 0.441 e. The summed E-state index contributed by atoms with van der Waals surface area (Å²) in [5.74, 6) is 0.442. The van der Waals surface area contributed by atoms with E-state index in [0.29, 0.717) is 30.5 Å². The van der Waals surface area contributed by atoms with Crippen LogP contribution in [-0.4, -0.2) is 60.3 Å². The van der Waals surface area contributed by atoms with Crippen LogP contribution < -0.4 is 9.80 Å². The van der Waals surface area contributed by atoms with E-state index in [1.165, 1.54) is 16.9 Å². The number of anilines is 2. The Balaban J connectivity index is 1.29. The van der Waals surface area contributed by atoms with Gasteiger partial charge in [0.1, 0.15) is 23.4 Å². The Kier molecular flexibility index (Phi) is 5.12. The maximum atomic E-state index is 14.9. The van der Waals surface area contributed by atoms with E-state index in [0.717, 1.165) is 11.0 Å². The summed E-state index contributed by atoms with van der Waals surface area (Å²) in [5.41, 5.74) is 0.960. The van der Waals surface area contributed by atoms with Crippen molar-refractivity contribution in [1.29, 1.82) is 0 Å². The van der Waals surface area contributed by atoms with E-state index in [1.54, 1.807) is 7.05 Å². The van der Waals surface area contributed by atoms with Crippen LogP contribution >= 0.6 is 7.82 Å². The fourth-order valence-electron chi connectivity index (χ4n) is 3.54. The first-order valence-corrected chi connectivity index (χ1v) is 11.1. The Bertz CT molecular complexity index is 1250. The zero-order valence-electron chi connectivity index (χ0n) is 17.0. The third kappa shape index (κ3) is 4.30. The molecule has 1 aromatic carbocycles. The van der Waals surface area contributed by atoms with Gasteiger partial charge in [0.25, 0.3) is 5.95 Å². The maximum Gasteiger partial charge on any atom is 0.469 e. The average molecular weight is 481 g/mol. The molecule has 4 heterocycles. The highest BCUT2D eigenvalue weighted by molar-refractivity contribution is 7.46. The number of carbonyl (C=O) groups excluding carboxylic acids is 1. The lowest BCUT2D eigenvalue weighted by molar-refractivity contribution is 0.0880. The van der Waals surface area contributed by atoms with Gasteiger partial charge in [0.2, 0.25) is 5.89 Å². The lowest BCUT2D eigenvalue weighted by Crippen LogP contribution is -2.25. The number of fused-ring (bicyclic) bond motifs is 1. The van der Waals surface area contributed by atoms with Crippen molar-refractivity contribution >= 4 is 25.6 Å². The summed E-state index contributed by atoms with van der Waals surface area (Å²) in [4.78, 5) is 38.3. The van der Waals surface area contributed by atoms with Crippen LogP contribution in [0.3, 0.4) is 0 Å². The van der Waals surface area contributed by atoms with Gasteiger partial charge in [-0.05, 0) is 23.4 Å². The van der Waals surface area contributed by atoms with Crippen LogP contribution in [0.25, 0.3) is 11.5 Å². The quantitative estimate of drug-likeness (QED) is 0.479. The van der Waals surface area contributed by atoms with Crippen LogP contribution in [0.1, 0.15) is 11.5 Å². The van der Waals surface area contributed by atoms with Gasteiger partial charge in [-0.3, -0.25) is 9.42 Å². The lowest BCUT2D eigenvalue weighted by atomic mass is 10.1. The molecule has 1 saturated heterocycles. The number of phosphoric acid groups is 1. The number of nitrogens with zero attached hydrogens (tertiary/aromatic N) is 7. The first kappa shape index (κ1) is 21.5. The summed E-state index contributed by atoms with van der Waals surface area (Å²) in [6, 6.07) is 4.06. The summed E-state index contributed by atoms with van der Waals surface area (Å²) >= 11 is 0. The summed E-state index contributed by atoms with van der Waals surface area (Å²) in [6.07, 6.45) is -1.69. The molecule has 0 spiro atoms. The SMILES string of the molecule is Cn1nnc(N2Cc3nc(-c4ccc(N5C[C@H](COP(=O)(O)O)OC5=O)cc4F)oc3C2)n1. The van der Waals surface area contributed by atoms with Crippen molar-refractivity contribution in [2.45, 2.75) is 19.2 Å². The average Bonchev–Trinajstić information content (AvgIpc) is 3.49. The van der Waals surface area contributed by atoms with E-state index in [9.17, 15) is 13.8 Å². The van der Waals surface area contributed by atoms with Gasteiger partial charge < -0.3 is 23.8 Å². The van der Waals surface area contributed by atoms with Crippen LogP contribution in [0.5, 0.6) is 0 Å². The van der Waals surface area contributed by atoms with Crippen molar-refractivity contribution in [2.24, 2.45) is 7.05 Å². The zero-order valence-corrected chi connectivity index (χ0v) is 17.9. The lowest BCUT2D eigenvalue weighted by Gasteiger charge is -2.14. The minimum absolute atomic E-state index is 0.0584. The molecule has 0 unspecified atom stereocenters. The van der Waals surface area contributed by atoms with Crippen molar-refractivity contribution in [3.63, 3.8) is 0 Å². The number of aryl methyl sites for hydroxylation is 1. The molecule has 2 aromatic heterocycles. The summed E-state index contributed by atoms with van der Waals surface area (Å²) in [6.45, 7) is 0.209. The highest BCUT2D eigenvalue weighted by Gasteiger charge is 2.35. The third-order valence-corrected chi connectivity index (χ3v) is 5.52. The van der Waals surface area contributed by atoms with Gasteiger partial charge in [0.05, 0.1) is 44.5 Å². The van der Waals surface area contributed by atoms with E-state index in [-0.39, 0.29) is 23.7 Å². The van der Waals surface area contributed by atoms with Gasteiger partial charge in [-0.25, -0.2) is 18.7 Å². The molecule has 5 rings (SSSR count). The molecule has 1 amide bonds. The number of cyclic esters (lactones) is 1. The zero-order chi connectivity index (χ0) is 23.3. The van der Waals surface area contributed by atoms with Crippen LogP contribution in [0.4, 0.5) is 20.8 Å². The molecule has 1 atom stereocenters. The first-order chi connectivity index (χ1) is 15.7. The molecule has 2 N–H and O–H groups in total. The van der Waals surface area contributed by atoms with Crippen molar-refractivity contribution in [2.75, 3.05) is 23.0 Å². The molecule has 16 heteroatoms. The number of carbonyl (C=O) groups is 1. The molecule has 0 saturated carbocycles. The second-order valence-corrected chi connectivity index (χ2v) is 8.63. The number of ether oxygens (including phenoxy) is 1. The minimum atomic E-state index is -4.70. The van der Waals surface area contributed by atoms with Crippen molar-refractivity contribution in [3.8, 4) is 11.5 Å². The molecule has 2 aliphatic rings. The normalized spacial score (nSPS) is 18.2. The Morgan fingerprint density at radius 2 is 2.15 bits per heavy atom. The largest absolute Gasteiger partial charge is 0.469 e. The van der Waals surface area contributed by atoms with E-state index in [2.05, 4.69) is 24.9 Å². The highest BCUT2D eigenvalue weighted by atomic mass is 31.2. The number of oxazole rings is 1. The van der Waals surface area contributed by atoms with Gasteiger partial charge >= 0.3 is 13.9 Å². The Morgan fingerprint density at radius 1 is 1.33 bits per heavy atom. The van der Waals surface area contributed by atoms with E-state index in [1.807, 2.05) is 4.90 Å². The second-order valence-electron chi connectivity index (χ2n) is 7.39. The highest BCUT2D eigenvalue weighted by Crippen LogP contribution is 2.37. The third-order valence-electron chi connectivity index (χ3n) is 5.03. The number of phosphoric ester groups is 1. The number of halogens is 1. The second kappa shape index (κ2) is 7.88. The predicted molar refractivity (Wildman–Crippen MR) is 106 cm³/mol. The Labute approximate surface area is 184 Å². The van der Waals surface area contributed by atoms with Crippen LogP contribution in [0.2, 0.25) is 0 Å². The monoisotopic (exact) mass is 481 g/mol.